The van der Waals surface area contributed by atoms with Gasteiger partial charge < -0.3 is 9.26 Å². The molecule has 21 heavy (non-hydrogen) atoms. The molecule has 0 bridgehead atoms. The standard InChI is InChI=1S/C16H13IN2O2/c1-11-6-8-12(9-7-11)16-18-15(21-19-16)10-20-14-5-3-2-4-13(14)17/h2-9H,10H2,1H3. The quantitative estimate of drug-likeness (QED) is 0.624. The fraction of sp³-hybridized carbons (Fsp3) is 0.125. The molecule has 0 spiro atoms. The molecule has 0 aliphatic heterocycles. The summed E-state index contributed by atoms with van der Waals surface area (Å²) in [6, 6.07) is 15.8. The fourth-order valence-corrected chi connectivity index (χ4v) is 2.38. The predicted octanol–water partition coefficient (Wildman–Crippen LogP) is 4.23. The van der Waals surface area contributed by atoms with Gasteiger partial charge in [-0.3, -0.25) is 0 Å². The van der Waals surface area contributed by atoms with Crippen LogP contribution >= 0.6 is 22.6 Å². The molecule has 1 heterocycles. The Kier molecular flexibility index (Phi) is 4.19. The van der Waals surface area contributed by atoms with Crippen LogP contribution in [0.4, 0.5) is 0 Å². The Labute approximate surface area is 136 Å². The van der Waals surface area contributed by atoms with E-state index in [9.17, 15) is 0 Å². The maximum Gasteiger partial charge on any atom is 0.264 e. The van der Waals surface area contributed by atoms with E-state index in [1.54, 1.807) is 0 Å². The molecule has 2 aromatic carbocycles. The van der Waals surface area contributed by atoms with Crippen molar-refractivity contribution < 1.29 is 9.26 Å². The third-order valence-corrected chi connectivity index (χ3v) is 3.86. The topological polar surface area (TPSA) is 48.2 Å². The van der Waals surface area contributed by atoms with Gasteiger partial charge in [-0.05, 0) is 41.6 Å². The van der Waals surface area contributed by atoms with Crippen LogP contribution in [0, 0.1) is 10.5 Å². The molecule has 1 aromatic heterocycles. The summed E-state index contributed by atoms with van der Waals surface area (Å²) in [6.45, 7) is 2.31. The Hall–Kier alpha value is -1.89. The van der Waals surface area contributed by atoms with E-state index >= 15 is 0 Å². The summed E-state index contributed by atoms with van der Waals surface area (Å²) in [5.74, 6) is 1.86. The van der Waals surface area contributed by atoms with Gasteiger partial charge in [0.2, 0.25) is 5.82 Å². The third-order valence-electron chi connectivity index (χ3n) is 2.97. The maximum absolute atomic E-state index is 5.69. The largest absolute Gasteiger partial charge is 0.483 e. The summed E-state index contributed by atoms with van der Waals surface area (Å²) in [5.41, 5.74) is 2.13. The van der Waals surface area contributed by atoms with Crippen LogP contribution in [-0.2, 0) is 6.61 Å². The summed E-state index contributed by atoms with van der Waals surface area (Å²) in [4.78, 5) is 4.35. The lowest BCUT2D eigenvalue weighted by atomic mass is 10.1. The molecule has 0 N–H and O–H groups in total. The van der Waals surface area contributed by atoms with Gasteiger partial charge in [-0.15, -0.1) is 0 Å². The first-order valence-electron chi connectivity index (χ1n) is 6.49. The molecule has 0 aliphatic carbocycles. The number of hydrogen-bond donors (Lipinski definition) is 0. The van der Waals surface area contributed by atoms with Crippen LogP contribution in [0.3, 0.4) is 0 Å². The van der Waals surface area contributed by atoms with Gasteiger partial charge in [0.05, 0.1) is 3.57 Å². The highest BCUT2D eigenvalue weighted by Gasteiger charge is 2.09. The summed E-state index contributed by atoms with van der Waals surface area (Å²) in [6.07, 6.45) is 0. The van der Waals surface area contributed by atoms with Gasteiger partial charge >= 0.3 is 0 Å². The second-order valence-electron chi connectivity index (χ2n) is 4.60. The molecule has 4 nitrogen and oxygen atoms in total. The Morgan fingerprint density at radius 1 is 1.10 bits per heavy atom. The fourth-order valence-electron chi connectivity index (χ4n) is 1.83. The van der Waals surface area contributed by atoms with Crippen LogP contribution in [0.25, 0.3) is 11.4 Å². The van der Waals surface area contributed by atoms with E-state index in [-0.39, 0.29) is 6.61 Å². The van der Waals surface area contributed by atoms with Crippen molar-refractivity contribution in [2.24, 2.45) is 0 Å². The number of benzene rings is 2. The number of ether oxygens (including phenoxy) is 1. The van der Waals surface area contributed by atoms with Crippen molar-refractivity contribution in [2.75, 3.05) is 0 Å². The molecular formula is C16H13IN2O2. The first-order valence-corrected chi connectivity index (χ1v) is 7.57. The van der Waals surface area contributed by atoms with Crippen molar-refractivity contribution in [1.82, 2.24) is 10.1 Å². The molecule has 5 heteroatoms. The van der Waals surface area contributed by atoms with Crippen LogP contribution in [0.15, 0.2) is 53.1 Å². The molecule has 0 saturated heterocycles. The zero-order valence-electron chi connectivity index (χ0n) is 11.4. The zero-order chi connectivity index (χ0) is 14.7. The molecule has 0 saturated carbocycles. The number of nitrogens with zero attached hydrogens (tertiary/aromatic N) is 2. The molecule has 0 unspecified atom stereocenters. The van der Waals surface area contributed by atoms with Crippen molar-refractivity contribution in [3.63, 3.8) is 0 Å². The van der Waals surface area contributed by atoms with Crippen LogP contribution in [-0.4, -0.2) is 10.1 Å². The monoisotopic (exact) mass is 392 g/mol. The second kappa shape index (κ2) is 6.26. The number of para-hydroxylation sites is 1. The van der Waals surface area contributed by atoms with E-state index in [4.69, 9.17) is 9.26 Å². The van der Waals surface area contributed by atoms with Crippen LogP contribution in [0.5, 0.6) is 5.75 Å². The summed E-state index contributed by atoms with van der Waals surface area (Å²) >= 11 is 2.23. The van der Waals surface area contributed by atoms with Gasteiger partial charge in [-0.2, -0.15) is 4.98 Å². The Morgan fingerprint density at radius 3 is 2.62 bits per heavy atom. The maximum atomic E-state index is 5.69. The highest BCUT2D eigenvalue weighted by Crippen LogP contribution is 2.21. The van der Waals surface area contributed by atoms with Gasteiger partial charge in [0.15, 0.2) is 6.61 Å². The first-order chi connectivity index (χ1) is 10.2. The molecule has 0 radical (unpaired) electrons. The summed E-state index contributed by atoms with van der Waals surface area (Å²) in [5, 5.41) is 3.98. The van der Waals surface area contributed by atoms with Gasteiger partial charge in [0, 0.05) is 5.56 Å². The van der Waals surface area contributed by atoms with E-state index < -0.39 is 0 Å². The van der Waals surface area contributed by atoms with Crippen LogP contribution < -0.4 is 4.74 Å². The van der Waals surface area contributed by atoms with E-state index in [2.05, 4.69) is 32.7 Å². The number of hydrogen-bond acceptors (Lipinski definition) is 4. The molecule has 3 rings (SSSR count). The Bertz CT molecular complexity index is 738. The van der Waals surface area contributed by atoms with Gasteiger partial charge in [-0.1, -0.05) is 47.1 Å². The molecule has 0 amide bonds. The molecule has 3 aromatic rings. The average Bonchev–Trinajstić information content (AvgIpc) is 2.96. The highest BCUT2D eigenvalue weighted by atomic mass is 127. The van der Waals surface area contributed by atoms with Gasteiger partial charge in [0.1, 0.15) is 5.75 Å². The van der Waals surface area contributed by atoms with E-state index in [0.29, 0.717) is 11.7 Å². The highest BCUT2D eigenvalue weighted by molar-refractivity contribution is 14.1. The minimum atomic E-state index is 0.263. The first kappa shape index (κ1) is 14.1. The van der Waals surface area contributed by atoms with Crippen LogP contribution in [0.1, 0.15) is 11.5 Å². The summed E-state index contributed by atoms with van der Waals surface area (Å²) in [7, 11) is 0. The minimum absolute atomic E-state index is 0.263. The van der Waals surface area contributed by atoms with Crippen molar-refractivity contribution in [2.45, 2.75) is 13.5 Å². The van der Waals surface area contributed by atoms with Crippen molar-refractivity contribution in [3.05, 3.63) is 63.6 Å². The van der Waals surface area contributed by atoms with Crippen molar-refractivity contribution in [3.8, 4) is 17.1 Å². The third kappa shape index (κ3) is 3.41. The number of aryl methyl sites for hydroxylation is 1. The normalized spacial score (nSPS) is 10.6. The zero-order valence-corrected chi connectivity index (χ0v) is 13.6. The second-order valence-corrected chi connectivity index (χ2v) is 5.76. The molecule has 0 aliphatic rings. The Balaban J connectivity index is 1.71. The molecule has 0 atom stereocenters. The number of aromatic nitrogens is 2. The lowest BCUT2D eigenvalue weighted by molar-refractivity contribution is 0.241. The summed E-state index contributed by atoms with van der Waals surface area (Å²) < 4.78 is 12.0. The Morgan fingerprint density at radius 2 is 1.86 bits per heavy atom. The van der Waals surface area contributed by atoms with E-state index in [1.165, 1.54) is 5.56 Å². The smallest absolute Gasteiger partial charge is 0.264 e. The van der Waals surface area contributed by atoms with Crippen molar-refractivity contribution >= 4 is 22.6 Å². The molecule has 0 fully saturated rings. The molecular weight excluding hydrogens is 379 g/mol. The number of rotatable bonds is 4. The molecule has 106 valence electrons. The predicted molar refractivity (Wildman–Crippen MR) is 88.0 cm³/mol. The van der Waals surface area contributed by atoms with Crippen molar-refractivity contribution in [1.29, 1.82) is 0 Å². The minimum Gasteiger partial charge on any atom is -0.483 e. The lowest BCUT2D eigenvalue weighted by Gasteiger charge is -2.04. The lowest BCUT2D eigenvalue weighted by Crippen LogP contribution is -1.97. The van der Waals surface area contributed by atoms with Crippen LogP contribution in [0.2, 0.25) is 0 Å². The van der Waals surface area contributed by atoms with Gasteiger partial charge in [0.25, 0.3) is 5.89 Å². The van der Waals surface area contributed by atoms with Gasteiger partial charge in [-0.25, -0.2) is 0 Å². The van der Waals surface area contributed by atoms with E-state index in [0.717, 1.165) is 14.9 Å². The van der Waals surface area contributed by atoms with E-state index in [1.807, 2.05) is 55.5 Å². The average molecular weight is 392 g/mol. The SMILES string of the molecule is Cc1ccc(-c2noc(COc3ccccc3I)n2)cc1. The number of halogens is 1.